The first kappa shape index (κ1) is 15.7. The molecule has 0 aliphatic carbocycles. The zero-order chi connectivity index (χ0) is 16.3. The largest absolute Gasteiger partial charge is 0.506 e. The predicted octanol–water partition coefficient (Wildman–Crippen LogP) is 2.51. The Kier molecular flexibility index (Phi) is 4.53. The van der Waals surface area contributed by atoms with Crippen LogP contribution in [0.3, 0.4) is 0 Å². The van der Waals surface area contributed by atoms with Crippen molar-refractivity contribution in [2.24, 2.45) is 0 Å². The number of nitrogens with one attached hydrogen (secondary N) is 2. The number of phenolic OH excluding ortho intramolecular Hbond substituents is 1. The number of nitrogens with two attached hydrogens (primary N) is 1. The van der Waals surface area contributed by atoms with Gasteiger partial charge in [0.2, 0.25) is 0 Å². The van der Waals surface area contributed by atoms with Crippen LogP contribution in [0.15, 0.2) is 36.4 Å². The molecule has 0 heterocycles. The van der Waals surface area contributed by atoms with E-state index in [9.17, 15) is 14.7 Å². The summed E-state index contributed by atoms with van der Waals surface area (Å²) in [6, 6.07) is 9.18. The molecule has 0 fully saturated rings. The van der Waals surface area contributed by atoms with E-state index in [4.69, 9.17) is 17.3 Å². The van der Waals surface area contributed by atoms with Crippen LogP contribution < -0.4 is 16.4 Å². The van der Waals surface area contributed by atoms with Gasteiger partial charge >= 0.3 is 11.8 Å². The molecular formula is C15H14ClN3O3. The van der Waals surface area contributed by atoms with E-state index in [1.54, 1.807) is 18.2 Å². The van der Waals surface area contributed by atoms with Crippen molar-refractivity contribution in [2.75, 3.05) is 16.4 Å². The number of aromatic hydroxyl groups is 1. The topological polar surface area (TPSA) is 104 Å². The molecule has 0 aliphatic rings. The molecule has 2 amide bonds. The lowest BCUT2D eigenvalue weighted by Crippen LogP contribution is -2.29. The molecule has 7 heteroatoms. The number of carbonyl (C=O) groups excluding carboxylic acids is 2. The highest BCUT2D eigenvalue weighted by Crippen LogP contribution is 2.26. The molecule has 22 heavy (non-hydrogen) atoms. The van der Waals surface area contributed by atoms with Crippen molar-refractivity contribution < 1.29 is 14.7 Å². The zero-order valence-electron chi connectivity index (χ0n) is 11.7. The number of benzene rings is 2. The highest BCUT2D eigenvalue weighted by molar-refractivity contribution is 6.44. The van der Waals surface area contributed by atoms with Crippen LogP contribution in [0, 0.1) is 6.92 Å². The van der Waals surface area contributed by atoms with Gasteiger partial charge in [-0.2, -0.15) is 0 Å². The fourth-order valence-corrected chi connectivity index (χ4v) is 1.92. The second-order valence-corrected chi connectivity index (χ2v) is 5.10. The molecule has 0 aliphatic heterocycles. The van der Waals surface area contributed by atoms with Crippen LogP contribution in [0.1, 0.15) is 5.56 Å². The first-order valence-electron chi connectivity index (χ1n) is 6.34. The van der Waals surface area contributed by atoms with Gasteiger partial charge in [0.1, 0.15) is 5.75 Å². The minimum absolute atomic E-state index is 0.0462. The fraction of sp³-hybridized carbons (Fsp3) is 0.0667. The third-order valence-corrected chi connectivity index (χ3v) is 3.11. The van der Waals surface area contributed by atoms with Gasteiger partial charge in [-0.3, -0.25) is 9.59 Å². The van der Waals surface area contributed by atoms with Gasteiger partial charge in [0.25, 0.3) is 0 Å². The van der Waals surface area contributed by atoms with E-state index in [1.807, 2.05) is 6.92 Å². The third-order valence-electron chi connectivity index (χ3n) is 2.87. The van der Waals surface area contributed by atoms with E-state index in [2.05, 4.69) is 10.6 Å². The molecule has 2 rings (SSSR count). The van der Waals surface area contributed by atoms with Crippen LogP contribution >= 0.6 is 11.6 Å². The minimum Gasteiger partial charge on any atom is -0.506 e. The molecule has 0 spiro atoms. The molecule has 0 atom stereocenters. The van der Waals surface area contributed by atoms with Gasteiger partial charge in [-0.1, -0.05) is 17.7 Å². The van der Waals surface area contributed by atoms with Crippen molar-refractivity contribution in [2.45, 2.75) is 6.92 Å². The Morgan fingerprint density at radius 3 is 2.36 bits per heavy atom. The number of nitrogen functional groups attached to an aromatic ring is 1. The average Bonchev–Trinajstić information content (AvgIpc) is 2.46. The molecular weight excluding hydrogens is 306 g/mol. The number of anilines is 3. The molecule has 0 bridgehead atoms. The summed E-state index contributed by atoms with van der Waals surface area (Å²) in [6.45, 7) is 1.83. The monoisotopic (exact) mass is 319 g/mol. The highest BCUT2D eigenvalue weighted by Gasteiger charge is 2.17. The van der Waals surface area contributed by atoms with Crippen LogP contribution in [-0.4, -0.2) is 16.9 Å². The molecule has 6 nitrogen and oxygen atoms in total. The maximum absolute atomic E-state index is 11.9. The van der Waals surface area contributed by atoms with Crippen molar-refractivity contribution in [1.82, 2.24) is 0 Å². The van der Waals surface area contributed by atoms with E-state index < -0.39 is 11.8 Å². The molecule has 114 valence electrons. The summed E-state index contributed by atoms with van der Waals surface area (Å²) >= 11 is 5.77. The smallest absolute Gasteiger partial charge is 0.314 e. The number of halogens is 1. The predicted molar refractivity (Wildman–Crippen MR) is 86.0 cm³/mol. The molecule has 0 saturated carbocycles. The lowest BCUT2D eigenvalue weighted by Gasteiger charge is -2.10. The first-order chi connectivity index (χ1) is 10.4. The number of hydrogen-bond donors (Lipinski definition) is 4. The minimum atomic E-state index is -0.946. The number of hydrogen-bond acceptors (Lipinski definition) is 4. The lowest BCUT2D eigenvalue weighted by molar-refractivity contribution is -0.133. The SMILES string of the molecule is Cc1ccc(N)c(NC(=O)C(=O)Nc2cc(Cl)ccc2O)c1. The molecule has 5 N–H and O–H groups in total. The second-order valence-electron chi connectivity index (χ2n) is 4.66. The van der Waals surface area contributed by atoms with Crippen LogP contribution in [0.4, 0.5) is 17.1 Å². The maximum Gasteiger partial charge on any atom is 0.314 e. The van der Waals surface area contributed by atoms with E-state index >= 15 is 0 Å². The van der Waals surface area contributed by atoms with Crippen molar-refractivity contribution in [1.29, 1.82) is 0 Å². The van der Waals surface area contributed by atoms with Gasteiger partial charge in [-0.25, -0.2) is 0 Å². The Bertz CT molecular complexity index is 683. The molecule has 2 aromatic carbocycles. The Hall–Kier alpha value is -2.73. The summed E-state index contributed by atoms with van der Waals surface area (Å²) in [7, 11) is 0. The van der Waals surface area contributed by atoms with Gasteiger partial charge in [0, 0.05) is 5.02 Å². The summed E-state index contributed by atoms with van der Waals surface area (Å²) in [5, 5.41) is 14.6. The lowest BCUT2D eigenvalue weighted by atomic mass is 10.2. The van der Waals surface area contributed by atoms with Crippen LogP contribution in [0.5, 0.6) is 5.75 Å². The molecule has 0 aromatic heterocycles. The summed E-state index contributed by atoms with van der Waals surface area (Å²) < 4.78 is 0. The maximum atomic E-state index is 11.9. The summed E-state index contributed by atoms with van der Waals surface area (Å²) in [5.41, 5.74) is 7.35. The fourth-order valence-electron chi connectivity index (χ4n) is 1.74. The van der Waals surface area contributed by atoms with Gasteiger partial charge in [0.05, 0.1) is 17.1 Å². The van der Waals surface area contributed by atoms with E-state index in [-0.39, 0.29) is 11.4 Å². The Morgan fingerprint density at radius 2 is 1.68 bits per heavy atom. The van der Waals surface area contributed by atoms with Gasteiger partial charge in [0.15, 0.2) is 0 Å². The Morgan fingerprint density at radius 1 is 1.05 bits per heavy atom. The summed E-state index contributed by atoms with van der Waals surface area (Å²) in [5.74, 6) is -2.05. The van der Waals surface area contributed by atoms with Crippen LogP contribution in [0.2, 0.25) is 5.02 Å². The highest BCUT2D eigenvalue weighted by atomic mass is 35.5. The molecule has 0 radical (unpaired) electrons. The van der Waals surface area contributed by atoms with Crippen molar-refractivity contribution in [3.05, 3.63) is 47.0 Å². The average molecular weight is 320 g/mol. The van der Waals surface area contributed by atoms with Gasteiger partial charge in [-0.15, -0.1) is 0 Å². The van der Waals surface area contributed by atoms with Crippen LogP contribution in [-0.2, 0) is 9.59 Å². The van der Waals surface area contributed by atoms with Crippen molar-refractivity contribution in [3.63, 3.8) is 0 Å². The quantitative estimate of drug-likeness (QED) is 0.388. The third kappa shape index (κ3) is 3.67. The normalized spacial score (nSPS) is 10.1. The van der Waals surface area contributed by atoms with E-state index in [0.717, 1.165) is 5.56 Å². The zero-order valence-corrected chi connectivity index (χ0v) is 12.4. The molecule has 2 aromatic rings. The van der Waals surface area contributed by atoms with Gasteiger partial charge < -0.3 is 21.5 Å². The first-order valence-corrected chi connectivity index (χ1v) is 6.71. The number of carbonyl (C=O) groups is 2. The molecule has 0 unspecified atom stereocenters. The number of aryl methyl sites for hydroxylation is 1. The van der Waals surface area contributed by atoms with Gasteiger partial charge in [-0.05, 0) is 42.8 Å². The molecule has 0 saturated heterocycles. The van der Waals surface area contributed by atoms with Crippen molar-refractivity contribution >= 4 is 40.5 Å². The Labute approximate surface area is 131 Å². The number of phenols is 1. The standard InChI is InChI=1S/C15H14ClN3O3/c1-8-2-4-10(17)11(6-8)18-14(21)15(22)19-12-7-9(16)3-5-13(12)20/h2-7,20H,17H2,1H3,(H,18,21)(H,19,22). The van der Waals surface area contributed by atoms with E-state index in [0.29, 0.717) is 16.4 Å². The number of amides is 2. The van der Waals surface area contributed by atoms with E-state index in [1.165, 1.54) is 18.2 Å². The summed E-state index contributed by atoms with van der Waals surface area (Å²) in [6.07, 6.45) is 0. The Balaban J connectivity index is 2.11. The second kappa shape index (κ2) is 6.36. The number of rotatable bonds is 2. The van der Waals surface area contributed by atoms with Crippen LogP contribution in [0.25, 0.3) is 0 Å². The van der Waals surface area contributed by atoms with Crippen molar-refractivity contribution in [3.8, 4) is 5.75 Å². The summed E-state index contributed by atoms with van der Waals surface area (Å²) in [4.78, 5) is 23.7.